The van der Waals surface area contributed by atoms with Crippen LogP contribution in [0.3, 0.4) is 0 Å². The monoisotopic (exact) mass is 354 g/mol. The van der Waals surface area contributed by atoms with E-state index in [0.717, 1.165) is 69.9 Å². The van der Waals surface area contributed by atoms with E-state index in [0.29, 0.717) is 17.4 Å². The summed E-state index contributed by atoms with van der Waals surface area (Å²) in [6.45, 7) is 5.11. The molecule has 0 bridgehead atoms. The molecule has 2 fully saturated rings. The lowest BCUT2D eigenvalue weighted by molar-refractivity contribution is 0.566. The molecule has 3 aliphatic rings. The highest BCUT2D eigenvalue weighted by atomic mass is 19.1. The second kappa shape index (κ2) is 6.14. The fraction of sp³-hybridized carbons (Fsp3) is 0.579. The third-order valence-electron chi connectivity index (χ3n) is 5.66. The molecule has 7 heteroatoms. The van der Waals surface area contributed by atoms with Crippen LogP contribution in [-0.2, 0) is 12.8 Å². The van der Waals surface area contributed by atoms with Gasteiger partial charge in [-0.05, 0) is 39.0 Å². The zero-order chi connectivity index (χ0) is 17.7. The molecule has 0 atom stereocenters. The molecule has 26 heavy (non-hydrogen) atoms. The van der Waals surface area contributed by atoms with Gasteiger partial charge in [0.25, 0.3) is 0 Å². The minimum Gasteiger partial charge on any atom is -0.353 e. The van der Waals surface area contributed by atoms with Gasteiger partial charge >= 0.3 is 0 Å². The van der Waals surface area contributed by atoms with Gasteiger partial charge in [0, 0.05) is 43.4 Å². The van der Waals surface area contributed by atoms with Gasteiger partial charge in [-0.15, -0.1) is 0 Å². The van der Waals surface area contributed by atoms with E-state index in [1.165, 1.54) is 17.6 Å². The number of nitrogens with zero attached hydrogens (tertiary/aromatic N) is 6. The molecule has 1 saturated heterocycles. The number of hydrogen-bond acceptors (Lipinski definition) is 6. The average molecular weight is 354 g/mol. The summed E-state index contributed by atoms with van der Waals surface area (Å²) in [5, 5.41) is 0. The van der Waals surface area contributed by atoms with Gasteiger partial charge in [0.2, 0.25) is 0 Å². The molecule has 3 heterocycles. The molecule has 6 nitrogen and oxygen atoms in total. The molecule has 0 N–H and O–H groups in total. The normalized spacial score (nSPS) is 19.8. The second-order valence-electron chi connectivity index (χ2n) is 7.52. The second-order valence-corrected chi connectivity index (χ2v) is 7.52. The summed E-state index contributed by atoms with van der Waals surface area (Å²) in [5.74, 6) is 2.47. The molecule has 1 aliphatic heterocycles. The van der Waals surface area contributed by atoms with Crippen LogP contribution in [0.5, 0.6) is 0 Å². The summed E-state index contributed by atoms with van der Waals surface area (Å²) in [4.78, 5) is 22.1. The van der Waals surface area contributed by atoms with Crippen molar-refractivity contribution in [3.63, 3.8) is 0 Å². The number of piperazine rings is 1. The molecule has 2 aromatic heterocycles. The summed E-state index contributed by atoms with van der Waals surface area (Å²) in [5.41, 5.74) is 3.13. The molecular formula is C19H23FN6. The van der Waals surface area contributed by atoms with Gasteiger partial charge in [-0.1, -0.05) is 0 Å². The number of halogens is 1. The van der Waals surface area contributed by atoms with E-state index in [-0.39, 0.29) is 5.82 Å². The van der Waals surface area contributed by atoms with Crippen LogP contribution in [0, 0.1) is 12.7 Å². The van der Waals surface area contributed by atoms with Crippen LogP contribution in [0.1, 0.15) is 48.0 Å². The molecule has 2 aromatic rings. The first-order chi connectivity index (χ1) is 12.7. The van der Waals surface area contributed by atoms with E-state index < -0.39 is 0 Å². The third kappa shape index (κ3) is 2.70. The maximum absolute atomic E-state index is 14.8. The van der Waals surface area contributed by atoms with Gasteiger partial charge in [-0.3, -0.25) is 0 Å². The van der Waals surface area contributed by atoms with Crippen molar-refractivity contribution in [3.05, 3.63) is 34.9 Å². The Morgan fingerprint density at radius 3 is 2.42 bits per heavy atom. The van der Waals surface area contributed by atoms with Crippen molar-refractivity contribution in [3.8, 4) is 0 Å². The predicted molar refractivity (Wildman–Crippen MR) is 97.2 cm³/mol. The standard InChI is InChI=1S/C19H23FN6/c1-12-23-15-4-2-3-14(15)18(24-12)25-7-9-26(10-8-25)19-16(20)17(13-5-6-13)21-11-22-19/h11,13H,2-10H2,1H3. The molecule has 1 saturated carbocycles. The quantitative estimate of drug-likeness (QED) is 0.844. The Hall–Kier alpha value is -2.31. The first-order valence-corrected chi connectivity index (χ1v) is 9.57. The van der Waals surface area contributed by atoms with Crippen molar-refractivity contribution in [1.82, 2.24) is 19.9 Å². The Morgan fingerprint density at radius 1 is 0.962 bits per heavy atom. The number of rotatable bonds is 3. The van der Waals surface area contributed by atoms with E-state index in [1.54, 1.807) is 0 Å². The molecule has 0 spiro atoms. The van der Waals surface area contributed by atoms with Gasteiger partial charge in [-0.25, -0.2) is 24.3 Å². The van der Waals surface area contributed by atoms with Crippen molar-refractivity contribution in [2.24, 2.45) is 0 Å². The van der Waals surface area contributed by atoms with E-state index in [4.69, 9.17) is 4.98 Å². The maximum atomic E-state index is 14.8. The van der Waals surface area contributed by atoms with Gasteiger partial charge in [0.1, 0.15) is 18.0 Å². The highest BCUT2D eigenvalue weighted by molar-refractivity contribution is 5.53. The van der Waals surface area contributed by atoms with Crippen molar-refractivity contribution in [2.45, 2.75) is 44.9 Å². The van der Waals surface area contributed by atoms with Crippen molar-refractivity contribution < 1.29 is 4.39 Å². The Kier molecular flexibility index (Phi) is 3.76. The van der Waals surface area contributed by atoms with Crippen LogP contribution in [0.2, 0.25) is 0 Å². The van der Waals surface area contributed by atoms with Crippen LogP contribution in [0.4, 0.5) is 16.0 Å². The largest absolute Gasteiger partial charge is 0.353 e. The summed E-state index contributed by atoms with van der Waals surface area (Å²) >= 11 is 0. The number of hydrogen-bond donors (Lipinski definition) is 0. The van der Waals surface area contributed by atoms with Crippen LogP contribution in [-0.4, -0.2) is 46.1 Å². The lowest BCUT2D eigenvalue weighted by atomic mass is 10.2. The summed E-state index contributed by atoms with van der Waals surface area (Å²) in [6.07, 6.45) is 6.88. The first kappa shape index (κ1) is 15.9. The topological polar surface area (TPSA) is 58.0 Å². The minimum absolute atomic E-state index is 0.220. The molecule has 0 amide bonds. The van der Waals surface area contributed by atoms with E-state index >= 15 is 0 Å². The zero-order valence-corrected chi connectivity index (χ0v) is 15.1. The summed E-state index contributed by atoms with van der Waals surface area (Å²) < 4.78 is 14.8. The average Bonchev–Trinajstić information content (AvgIpc) is 3.39. The minimum atomic E-state index is -0.220. The summed E-state index contributed by atoms with van der Waals surface area (Å²) in [7, 11) is 0. The van der Waals surface area contributed by atoms with E-state index in [2.05, 4.69) is 19.9 Å². The van der Waals surface area contributed by atoms with Crippen LogP contribution in [0.15, 0.2) is 6.33 Å². The van der Waals surface area contributed by atoms with E-state index in [1.807, 2.05) is 11.8 Å². The SMILES string of the molecule is Cc1nc2c(c(N3CCN(c4ncnc(C5CC5)c4F)CC3)n1)CCC2. The number of aromatic nitrogens is 4. The van der Waals surface area contributed by atoms with E-state index in [9.17, 15) is 4.39 Å². The van der Waals surface area contributed by atoms with Crippen LogP contribution < -0.4 is 9.80 Å². The van der Waals surface area contributed by atoms with Crippen LogP contribution >= 0.6 is 0 Å². The van der Waals surface area contributed by atoms with Crippen molar-refractivity contribution in [2.75, 3.05) is 36.0 Å². The highest BCUT2D eigenvalue weighted by Gasteiger charge is 2.32. The summed E-state index contributed by atoms with van der Waals surface area (Å²) in [6, 6.07) is 0. The van der Waals surface area contributed by atoms with Crippen molar-refractivity contribution >= 4 is 11.6 Å². The lowest BCUT2D eigenvalue weighted by Crippen LogP contribution is -2.48. The Bertz CT molecular complexity index is 842. The fourth-order valence-corrected chi connectivity index (χ4v) is 4.16. The van der Waals surface area contributed by atoms with Crippen molar-refractivity contribution in [1.29, 1.82) is 0 Å². The fourth-order valence-electron chi connectivity index (χ4n) is 4.16. The smallest absolute Gasteiger partial charge is 0.187 e. The number of anilines is 2. The molecular weight excluding hydrogens is 331 g/mol. The molecule has 0 unspecified atom stereocenters. The van der Waals surface area contributed by atoms with Gasteiger partial charge in [0.05, 0.1) is 5.69 Å². The first-order valence-electron chi connectivity index (χ1n) is 9.57. The highest BCUT2D eigenvalue weighted by Crippen LogP contribution is 2.41. The lowest BCUT2D eigenvalue weighted by Gasteiger charge is -2.37. The number of fused-ring (bicyclic) bond motifs is 1. The Balaban J connectivity index is 1.35. The zero-order valence-electron chi connectivity index (χ0n) is 15.1. The predicted octanol–water partition coefficient (Wildman–Crippen LogP) is 2.41. The molecule has 2 aliphatic carbocycles. The third-order valence-corrected chi connectivity index (χ3v) is 5.66. The van der Waals surface area contributed by atoms with Crippen LogP contribution in [0.25, 0.3) is 0 Å². The Morgan fingerprint density at radius 2 is 1.69 bits per heavy atom. The maximum Gasteiger partial charge on any atom is 0.187 e. The number of aryl methyl sites for hydroxylation is 2. The van der Waals surface area contributed by atoms with Gasteiger partial charge in [-0.2, -0.15) is 0 Å². The Labute approximate surface area is 152 Å². The molecule has 0 aromatic carbocycles. The van der Waals surface area contributed by atoms with Gasteiger partial charge < -0.3 is 9.80 Å². The van der Waals surface area contributed by atoms with Gasteiger partial charge in [0.15, 0.2) is 11.6 Å². The molecule has 0 radical (unpaired) electrons. The molecule has 5 rings (SSSR count). The molecule has 136 valence electrons.